The van der Waals surface area contributed by atoms with Gasteiger partial charge in [-0.1, -0.05) is 37.3 Å². The Morgan fingerprint density at radius 2 is 2.11 bits per heavy atom. The zero-order chi connectivity index (χ0) is 13.7. The topological polar surface area (TPSA) is 55.1 Å². The van der Waals surface area contributed by atoms with E-state index in [1.165, 1.54) is 0 Å². The summed E-state index contributed by atoms with van der Waals surface area (Å²) in [4.78, 5) is 12.1. The van der Waals surface area contributed by atoms with Crippen LogP contribution in [0.3, 0.4) is 0 Å². The van der Waals surface area contributed by atoms with Crippen LogP contribution >= 0.6 is 11.8 Å². The van der Waals surface area contributed by atoms with Crippen molar-refractivity contribution >= 4 is 17.7 Å². The molecule has 0 aliphatic heterocycles. The maximum absolute atomic E-state index is 12.1. The molecule has 19 heavy (non-hydrogen) atoms. The number of thioether (sulfide) groups is 1. The Labute approximate surface area is 119 Å². The van der Waals surface area contributed by atoms with Crippen LogP contribution in [0.1, 0.15) is 31.7 Å². The van der Waals surface area contributed by atoms with Crippen molar-refractivity contribution in [3.8, 4) is 0 Å². The first kappa shape index (κ1) is 14.4. The first-order chi connectivity index (χ1) is 9.19. The van der Waals surface area contributed by atoms with Gasteiger partial charge in [0.2, 0.25) is 5.91 Å². The monoisotopic (exact) mass is 278 g/mol. The fraction of sp³-hybridized carbons (Fsp3) is 0.533. The lowest BCUT2D eigenvalue weighted by atomic mass is 9.91. The van der Waals surface area contributed by atoms with Gasteiger partial charge >= 0.3 is 0 Å². The zero-order valence-electron chi connectivity index (χ0n) is 11.4. The Morgan fingerprint density at radius 3 is 2.63 bits per heavy atom. The van der Waals surface area contributed by atoms with E-state index in [9.17, 15) is 4.79 Å². The third-order valence-corrected chi connectivity index (χ3v) is 4.72. The lowest BCUT2D eigenvalue weighted by molar-refractivity contribution is -0.124. The number of nitrogens with two attached hydrogens (primary N) is 1. The molecule has 1 unspecified atom stereocenters. The molecule has 3 N–H and O–H groups in total. The average molecular weight is 278 g/mol. The molecule has 0 bridgehead atoms. The second-order valence-electron chi connectivity index (χ2n) is 5.11. The summed E-state index contributed by atoms with van der Waals surface area (Å²) < 4.78 is 0. The van der Waals surface area contributed by atoms with Crippen molar-refractivity contribution in [1.29, 1.82) is 0 Å². The Balaban J connectivity index is 2.24. The van der Waals surface area contributed by atoms with Crippen LogP contribution in [0.5, 0.6) is 0 Å². The smallest absolute Gasteiger partial charge is 0.243 e. The highest BCUT2D eigenvalue weighted by Gasteiger charge is 2.42. The van der Waals surface area contributed by atoms with Gasteiger partial charge in [0.25, 0.3) is 0 Å². The molecule has 0 heterocycles. The molecule has 1 aliphatic carbocycles. The number of carbonyl (C=O) groups is 1. The van der Waals surface area contributed by atoms with Crippen molar-refractivity contribution in [3.05, 3.63) is 35.9 Å². The highest BCUT2D eigenvalue weighted by molar-refractivity contribution is 7.99. The lowest BCUT2D eigenvalue weighted by Gasteiger charge is -2.32. The summed E-state index contributed by atoms with van der Waals surface area (Å²) in [6, 6.07) is 10.3. The van der Waals surface area contributed by atoms with Crippen LogP contribution in [0.25, 0.3) is 0 Å². The third-order valence-electron chi connectivity index (χ3n) is 3.38. The standard InChI is InChI=1S/C15H22N2OS/c1-2-10-19-11-15(14(16)18,17-13-8-9-13)12-6-4-3-5-7-12/h3-7,13,17H,2,8-11H2,1H3,(H2,16,18). The molecule has 2 rings (SSSR count). The van der Waals surface area contributed by atoms with Gasteiger partial charge in [0, 0.05) is 11.8 Å². The minimum absolute atomic E-state index is 0.269. The van der Waals surface area contributed by atoms with Crippen molar-refractivity contribution in [1.82, 2.24) is 5.32 Å². The number of nitrogens with one attached hydrogen (secondary N) is 1. The largest absolute Gasteiger partial charge is 0.368 e. The van der Waals surface area contributed by atoms with Crippen molar-refractivity contribution in [2.75, 3.05) is 11.5 Å². The predicted octanol–water partition coefficient (Wildman–Crippen LogP) is 2.26. The number of primary amides is 1. The Bertz CT molecular complexity index is 419. The van der Waals surface area contributed by atoms with E-state index in [-0.39, 0.29) is 5.91 Å². The van der Waals surface area contributed by atoms with Gasteiger partial charge < -0.3 is 5.73 Å². The molecule has 1 aromatic carbocycles. The van der Waals surface area contributed by atoms with Crippen LogP contribution in [-0.2, 0) is 10.3 Å². The minimum atomic E-state index is -0.720. The molecule has 1 saturated carbocycles. The molecule has 0 spiro atoms. The SMILES string of the molecule is CCCSCC(NC1CC1)(C(N)=O)c1ccccc1. The third kappa shape index (κ3) is 3.51. The number of amides is 1. The molecule has 1 amide bonds. The van der Waals surface area contributed by atoms with Crippen LogP contribution in [0, 0.1) is 0 Å². The maximum atomic E-state index is 12.1. The van der Waals surface area contributed by atoms with Gasteiger partial charge in [-0.2, -0.15) is 11.8 Å². The molecule has 1 fully saturated rings. The summed E-state index contributed by atoms with van der Waals surface area (Å²) in [6.07, 6.45) is 3.39. The lowest BCUT2D eigenvalue weighted by Crippen LogP contribution is -2.55. The Morgan fingerprint density at radius 1 is 1.42 bits per heavy atom. The number of hydrogen-bond donors (Lipinski definition) is 2. The molecule has 0 aromatic heterocycles. The van der Waals surface area contributed by atoms with Gasteiger partial charge in [0.1, 0.15) is 5.54 Å². The Hall–Kier alpha value is -1.00. The summed E-state index contributed by atoms with van der Waals surface area (Å²) in [5.74, 6) is 1.49. The maximum Gasteiger partial charge on any atom is 0.243 e. The molecule has 4 heteroatoms. The average Bonchev–Trinajstić information content (AvgIpc) is 3.22. The van der Waals surface area contributed by atoms with Gasteiger partial charge in [0.15, 0.2) is 0 Å². The minimum Gasteiger partial charge on any atom is -0.368 e. The van der Waals surface area contributed by atoms with E-state index < -0.39 is 5.54 Å². The Kier molecular flexibility index (Phi) is 4.88. The number of rotatable bonds is 8. The van der Waals surface area contributed by atoms with Crippen LogP contribution in [-0.4, -0.2) is 23.5 Å². The van der Waals surface area contributed by atoms with Crippen LogP contribution < -0.4 is 11.1 Å². The summed E-state index contributed by atoms with van der Waals surface area (Å²) in [6.45, 7) is 2.15. The molecular formula is C15H22N2OS. The van der Waals surface area contributed by atoms with Gasteiger partial charge in [-0.3, -0.25) is 10.1 Å². The fourth-order valence-electron chi connectivity index (χ4n) is 2.16. The first-order valence-electron chi connectivity index (χ1n) is 6.90. The van der Waals surface area contributed by atoms with Gasteiger partial charge in [-0.05, 0) is 30.6 Å². The van der Waals surface area contributed by atoms with E-state index in [0.29, 0.717) is 11.8 Å². The van der Waals surface area contributed by atoms with Crippen molar-refractivity contribution in [2.45, 2.75) is 37.8 Å². The van der Waals surface area contributed by atoms with Crippen molar-refractivity contribution < 1.29 is 4.79 Å². The highest BCUT2D eigenvalue weighted by atomic mass is 32.2. The molecule has 0 radical (unpaired) electrons. The second kappa shape index (κ2) is 6.44. The summed E-state index contributed by atoms with van der Waals surface area (Å²) >= 11 is 1.79. The summed E-state index contributed by atoms with van der Waals surface area (Å²) in [5.41, 5.74) is 6.01. The van der Waals surface area contributed by atoms with Gasteiger partial charge in [-0.25, -0.2) is 0 Å². The molecule has 104 valence electrons. The number of hydrogen-bond acceptors (Lipinski definition) is 3. The van der Waals surface area contributed by atoms with Crippen LogP contribution in [0.2, 0.25) is 0 Å². The van der Waals surface area contributed by atoms with E-state index in [1.807, 2.05) is 30.3 Å². The van der Waals surface area contributed by atoms with E-state index in [4.69, 9.17) is 5.73 Å². The second-order valence-corrected chi connectivity index (χ2v) is 6.21. The van der Waals surface area contributed by atoms with E-state index in [2.05, 4.69) is 12.2 Å². The highest BCUT2D eigenvalue weighted by Crippen LogP contribution is 2.31. The summed E-state index contributed by atoms with van der Waals surface area (Å²) in [7, 11) is 0. The fourth-order valence-corrected chi connectivity index (χ4v) is 3.29. The molecule has 1 aromatic rings. The normalized spacial score (nSPS) is 17.9. The van der Waals surface area contributed by atoms with Gasteiger partial charge in [-0.15, -0.1) is 0 Å². The van der Waals surface area contributed by atoms with Crippen molar-refractivity contribution in [3.63, 3.8) is 0 Å². The van der Waals surface area contributed by atoms with Crippen LogP contribution in [0.4, 0.5) is 0 Å². The molecule has 0 saturated heterocycles. The molecule has 3 nitrogen and oxygen atoms in total. The van der Waals surface area contributed by atoms with Gasteiger partial charge in [0.05, 0.1) is 0 Å². The first-order valence-corrected chi connectivity index (χ1v) is 8.05. The quantitative estimate of drug-likeness (QED) is 0.717. The van der Waals surface area contributed by atoms with Crippen molar-refractivity contribution in [2.24, 2.45) is 5.73 Å². The summed E-state index contributed by atoms with van der Waals surface area (Å²) in [5, 5.41) is 3.48. The zero-order valence-corrected chi connectivity index (χ0v) is 12.2. The number of benzene rings is 1. The van der Waals surface area contributed by atoms with E-state index in [1.54, 1.807) is 11.8 Å². The molecular weight excluding hydrogens is 256 g/mol. The molecule has 1 aliphatic rings. The van der Waals surface area contributed by atoms with Crippen LogP contribution in [0.15, 0.2) is 30.3 Å². The predicted molar refractivity (Wildman–Crippen MR) is 81.1 cm³/mol. The van der Waals surface area contributed by atoms with E-state index >= 15 is 0 Å². The molecule has 1 atom stereocenters. The number of carbonyl (C=O) groups excluding carboxylic acids is 1. The van der Waals surface area contributed by atoms with E-state index in [0.717, 1.165) is 30.6 Å².